The van der Waals surface area contributed by atoms with Crippen molar-refractivity contribution in [2.75, 3.05) is 6.61 Å². The van der Waals surface area contributed by atoms with Crippen LogP contribution in [0.3, 0.4) is 0 Å². The SMILES string of the molecule is CCOC(=O)Cc1ccc(CN)cc1OCc1cc(-c2cccc(CNC(=O)OC(C)(C)C)c2F)c2occc2c1. The Morgan fingerprint density at radius 3 is 2.54 bits per heavy atom. The van der Waals surface area contributed by atoms with Crippen molar-refractivity contribution in [1.82, 2.24) is 5.32 Å². The van der Waals surface area contributed by atoms with Gasteiger partial charge in [0, 0.05) is 40.7 Å². The van der Waals surface area contributed by atoms with Crippen LogP contribution in [0, 0.1) is 5.82 Å². The third-order valence-electron chi connectivity index (χ3n) is 6.20. The van der Waals surface area contributed by atoms with E-state index in [1.54, 1.807) is 58.2 Å². The molecule has 9 heteroatoms. The lowest BCUT2D eigenvalue weighted by atomic mass is 9.98. The maximum absolute atomic E-state index is 15.8. The molecule has 0 radical (unpaired) electrons. The summed E-state index contributed by atoms with van der Waals surface area (Å²) in [6, 6.07) is 16.0. The van der Waals surface area contributed by atoms with Crippen molar-refractivity contribution < 1.29 is 32.6 Å². The number of carbonyl (C=O) groups is 2. The van der Waals surface area contributed by atoms with Gasteiger partial charge in [-0.2, -0.15) is 0 Å². The predicted octanol–water partition coefficient (Wildman–Crippen LogP) is 6.41. The predicted molar refractivity (Wildman–Crippen MR) is 154 cm³/mol. The fourth-order valence-electron chi connectivity index (χ4n) is 4.37. The van der Waals surface area contributed by atoms with Crippen LogP contribution in [0.25, 0.3) is 22.1 Å². The highest BCUT2D eigenvalue weighted by Crippen LogP contribution is 2.34. The van der Waals surface area contributed by atoms with Crippen LogP contribution in [0.1, 0.15) is 49.9 Å². The maximum Gasteiger partial charge on any atom is 0.407 e. The number of halogens is 1. The number of fused-ring (bicyclic) bond motifs is 1. The van der Waals surface area contributed by atoms with Gasteiger partial charge in [0.1, 0.15) is 29.4 Å². The van der Waals surface area contributed by atoms with Crippen molar-refractivity contribution >= 4 is 23.0 Å². The number of ether oxygens (including phenoxy) is 3. The molecule has 0 atom stereocenters. The molecule has 3 N–H and O–H groups in total. The van der Waals surface area contributed by atoms with Crippen LogP contribution in [0.5, 0.6) is 5.75 Å². The highest BCUT2D eigenvalue weighted by Gasteiger charge is 2.19. The monoisotopic (exact) mass is 562 g/mol. The molecule has 0 bridgehead atoms. The summed E-state index contributed by atoms with van der Waals surface area (Å²) in [6.45, 7) is 7.75. The van der Waals surface area contributed by atoms with Gasteiger partial charge in [-0.3, -0.25) is 4.79 Å². The van der Waals surface area contributed by atoms with Crippen molar-refractivity contribution in [3.63, 3.8) is 0 Å². The molecule has 0 saturated heterocycles. The second-order valence-corrected chi connectivity index (χ2v) is 10.5. The minimum Gasteiger partial charge on any atom is -0.489 e. The summed E-state index contributed by atoms with van der Waals surface area (Å²) < 4.78 is 38.0. The number of nitrogens with two attached hydrogens (primary N) is 1. The van der Waals surface area contributed by atoms with Crippen LogP contribution in [0.15, 0.2) is 65.3 Å². The lowest BCUT2D eigenvalue weighted by molar-refractivity contribution is -0.142. The highest BCUT2D eigenvalue weighted by atomic mass is 19.1. The molecule has 0 aliphatic heterocycles. The van der Waals surface area contributed by atoms with Crippen LogP contribution in [-0.2, 0) is 40.4 Å². The number of alkyl carbamates (subject to hydrolysis) is 1. The molecule has 41 heavy (non-hydrogen) atoms. The van der Waals surface area contributed by atoms with Gasteiger partial charge in [0.2, 0.25) is 0 Å². The normalized spacial score (nSPS) is 11.4. The summed E-state index contributed by atoms with van der Waals surface area (Å²) in [4.78, 5) is 24.2. The van der Waals surface area contributed by atoms with Crippen molar-refractivity contribution in [2.45, 2.75) is 59.4 Å². The topological polar surface area (TPSA) is 113 Å². The molecule has 0 aliphatic rings. The number of hydrogen-bond donors (Lipinski definition) is 2. The van der Waals surface area contributed by atoms with Crippen molar-refractivity contribution in [3.8, 4) is 16.9 Å². The molecule has 216 valence electrons. The molecule has 8 nitrogen and oxygen atoms in total. The fourth-order valence-corrected chi connectivity index (χ4v) is 4.37. The average Bonchev–Trinajstić information content (AvgIpc) is 3.39. The molecule has 4 aromatic rings. The zero-order valence-electron chi connectivity index (χ0n) is 23.7. The second kappa shape index (κ2) is 12.9. The average molecular weight is 563 g/mol. The van der Waals surface area contributed by atoms with Crippen LogP contribution in [-0.4, -0.2) is 24.3 Å². The van der Waals surface area contributed by atoms with E-state index in [1.165, 1.54) is 0 Å². The second-order valence-electron chi connectivity index (χ2n) is 10.5. The van der Waals surface area contributed by atoms with Gasteiger partial charge in [-0.25, -0.2) is 9.18 Å². The van der Waals surface area contributed by atoms with Gasteiger partial charge in [0.15, 0.2) is 0 Å². The van der Waals surface area contributed by atoms with Gasteiger partial charge in [-0.05, 0) is 63.1 Å². The highest BCUT2D eigenvalue weighted by molar-refractivity contribution is 5.93. The minimum absolute atomic E-state index is 0.0422. The van der Waals surface area contributed by atoms with Gasteiger partial charge >= 0.3 is 12.1 Å². The van der Waals surface area contributed by atoms with Crippen molar-refractivity contribution in [1.29, 1.82) is 0 Å². The Labute approximate surface area is 238 Å². The minimum atomic E-state index is -0.664. The number of amides is 1. The number of rotatable bonds is 10. The third-order valence-corrected chi connectivity index (χ3v) is 6.20. The Kier molecular flexibility index (Phi) is 9.29. The molecule has 1 heterocycles. The van der Waals surface area contributed by atoms with E-state index in [0.29, 0.717) is 40.1 Å². The lowest BCUT2D eigenvalue weighted by Gasteiger charge is -2.20. The van der Waals surface area contributed by atoms with E-state index in [4.69, 9.17) is 24.4 Å². The third kappa shape index (κ3) is 7.64. The summed E-state index contributed by atoms with van der Waals surface area (Å²) in [5.74, 6) is -0.306. The first-order valence-electron chi connectivity index (χ1n) is 13.4. The zero-order chi connectivity index (χ0) is 29.6. The number of benzene rings is 3. The van der Waals surface area contributed by atoms with E-state index in [9.17, 15) is 9.59 Å². The van der Waals surface area contributed by atoms with E-state index >= 15 is 4.39 Å². The van der Waals surface area contributed by atoms with Crippen LogP contribution in [0.4, 0.5) is 9.18 Å². The van der Waals surface area contributed by atoms with E-state index in [2.05, 4.69) is 5.32 Å². The first-order valence-corrected chi connectivity index (χ1v) is 13.4. The fraction of sp³-hybridized carbons (Fsp3) is 0.312. The number of hydrogen-bond acceptors (Lipinski definition) is 7. The lowest BCUT2D eigenvalue weighted by Crippen LogP contribution is -2.32. The van der Waals surface area contributed by atoms with E-state index in [1.807, 2.05) is 30.3 Å². The molecule has 0 saturated carbocycles. The zero-order valence-corrected chi connectivity index (χ0v) is 23.7. The molecule has 0 spiro atoms. The molecular formula is C32H35FN2O6. The summed E-state index contributed by atoms with van der Waals surface area (Å²) in [6.07, 6.45) is 0.984. The Hall–Kier alpha value is -4.37. The van der Waals surface area contributed by atoms with Gasteiger partial charge in [-0.1, -0.05) is 30.3 Å². The number of furan rings is 1. The molecule has 0 fully saturated rings. The summed E-state index contributed by atoms with van der Waals surface area (Å²) in [7, 11) is 0. The summed E-state index contributed by atoms with van der Waals surface area (Å²) in [5.41, 5.74) is 9.17. The number of nitrogens with one attached hydrogen (secondary N) is 1. The maximum atomic E-state index is 15.8. The number of carbonyl (C=O) groups excluding carboxylic acids is 2. The van der Waals surface area contributed by atoms with Crippen LogP contribution < -0.4 is 15.8 Å². The van der Waals surface area contributed by atoms with Gasteiger partial charge in [0.05, 0.1) is 19.3 Å². The Bertz CT molecular complexity index is 1540. The molecule has 3 aromatic carbocycles. The Balaban J connectivity index is 1.61. The molecular weight excluding hydrogens is 527 g/mol. The quantitative estimate of drug-likeness (QED) is 0.215. The molecule has 1 aromatic heterocycles. The first kappa shape index (κ1) is 29.6. The van der Waals surface area contributed by atoms with Gasteiger partial charge in [-0.15, -0.1) is 0 Å². The first-order chi connectivity index (χ1) is 19.6. The van der Waals surface area contributed by atoms with E-state index < -0.39 is 17.5 Å². The molecule has 1 amide bonds. The van der Waals surface area contributed by atoms with E-state index in [0.717, 1.165) is 16.5 Å². The number of esters is 1. The van der Waals surface area contributed by atoms with E-state index in [-0.39, 0.29) is 32.1 Å². The molecule has 0 aliphatic carbocycles. The van der Waals surface area contributed by atoms with Crippen LogP contribution in [0.2, 0.25) is 0 Å². The summed E-state index contributed by atoms with van der Waals surface area (Å²) in [5, 5.41) is 3.38. The van der Waals surface area contributed by atoms with Crippen molar-refractivity contribution in [3.05, 3.63) is 88.9 Å². The van der Waals surface area contributed by atoms with Gasteiger partial charge < -0.3 is 29.7 Å². The largest absolute Gasteiger partial charge is 0.489 e. The Morgan fingerprint density at radius 2 is 1.80 bits per heavy atom. The van der Waals surface area contributed by atoms with Crippen LogP contribution >= 0.6 is 0 Å². The van der Waals surface area contributed by atoms with Crippen molar-refractivity contribution in [2.24, 2.45) is 5.73 Å². The Morgan fingerprint density at radius 1 is 1.00 bits per heavy atom. The summed E-state index contributed by atoms with van der Waals surface area (Å²) >= 11 is 0. The molecule has 0 unspecified atom stereocenters. The smallest absolute Gasteiger partial charge is 0.407 e. The standard InChI is InChI=1S/C32H35FN2O6/c1-5-38-28(36)16-22-10-9-20(17-34)15-27(22)40-19-21-13-23-11-12-39-30(23)26(14-21)25-8-6-7-24(29(25)33)18-35-31(37)41-32(2,3)4/h6-15H,5,16-19,34H2,1-4H3,(H,35,37). The molecule has 4 rings (SSSR count). The van der Waals surface area contributed by atoms with Gasteiger partial charge in [0.25, 0.3) is 0 Å².